The number of nitrogen functional groups attached to an aromatic ring is 1. The molecule has 0 saturated heterocycles. The minimum atomic E-state index is -3.51. The van der Waals surface area contributed by atoms with Gasteiger partial charge in [0.1, 0.15) is 11.3 Å². The zero-order chi connectivity index (χ0) is 30.3. The molecule has 0 saturated carbocycles. The third-order valence-electron chi connectivity index (χ3n) is 5.48. The van der Waals surface area contributed by atoms with Gasteiger partial charge in [-0.25, -0.2) is 4.98 Å². The molecular weight excluding hydrogens is 564 g/mol. The maximum atomic E-state index is 12.3. The van der Waals surface area contributed by atoms with Crippen molar-refractivity contribution in [3.8, 4) is 51.7 Å². The van der Waals surface area contributed by atoms with Crippen LogP contribution < -0.4 is 16.4 Å². The summed E-state index contributed by atoms with van der Waals surface area (Å²) in [7, 11) is 0. The Morgan fingerprint density at radius 3 is 1.77 bits per heavy atom. The number of carbonyl (C=O) groups is 1. The number of aliphatic hydroxyl groups is 4. The van der Waals surface area contributed by atoms with Crippen LogP contribution in [0.15, 0.2) is 5.38 Å². The summed E-state index contributed by atoms with van der Waals surface area (Å²) in [4.78, 5) is 16.1. The van der Waals surface area contributed by atoms with E-state index >= 15 is 0 Å². The van der Waals surface area contributed by atoms with E-state index in [-0.39, 0.29) is 10.8 Å². The number of hydrogen-bond donors (Lipinski definition) is 16. The Kier molecular flexibility index (Phi) is 7.83. The number of anilines is 2. The van der Waals surface area contributed by atoms with Crippen LogP contribution in [0.2, 0.25) is 0 Å². The monoisotopic (exact) mass is 588 g/mol. The van der Waals surface area contributed by atoms with Crippen molar-refractivity contribution in [2.45, 2.75) is 24.5 Å². The van der Waals surface area contributed by atoms with E-state index in [1.165, 1.54) is 5.38 Å². The number of rotatable bonds is 9. The van der Waals surface area contributed by atoms with Crippen LogP contribution in [0.5, 0.6) is 51.7 Å². The zero-order valence-electron chi connectivity index (χ0n) is 19.9. The molecule has 1 heterocycles. The molecule has 0 spiro atoms. The van der Waals surface area contributed by atoms with E-state index in [4.69, 9.17) is 5.73 Å². The molecule has 0 aliphatic heterocycles. The average molecular weight is 589 g/mol. The van der Waals surface area contributed by atoms with Gasteiger partial charge in [-0.3, -0.25) is 10.1 Å². The molecule has 0 radical (unpaired) electrons. The number of benzene rings is 2. The Morgan fingerprint density at radius 2 is 1.30 bits per heavy atom. The first-order chi connectivity index (χ1) is 18.4. The Morgan fingerprint density at radius 1 is 0.800 bits per heavy atom. The standard InChI is InChI=1S/C21H24N4O14S/c22-19-24-5(3-40-19)1-7(26)25-9-14(31)12(29)8(13(30)15(9)32)20(36,37)4-23-21(38,39)2-6-10(27)16(33)18(35)17(34)11(6)28/h3,23,27-39H,1-2,4H2,(H2,22,24)(H,25,26). The van der Waals surface area contributed by atoms with E-state index in [1.54, 1.807) is 5.32 Å². The van der Waals surface area contributed by atoms with Crippen molar-refractivity contribution in [2.75, 3.05) is 17.6 Å². The van der Waals surface area contributed by atoms with Gasteiger partial charge in [-0.1, -0.05) is 0 Å². The van der Waals surface area contributed by atoms with Crippen molar-refractivity contribution in [1.82, 2.24) is 10.3 Å². The van der Waals surface area contributed by atoms with Crippen molar-refractivity contribution < 1.29 is 71.2 Å². The fourth-order valence-corrected chi connectivity index (χ4v) is 4.07. The molecule has 0 aliphatic carbocycles. The first-order valence-corrected chi connectivity index (χ1v) is 11.6. The summed E-state index contributed by atoms with van der Waals surface area (Å²) in [6, 6.07) is 0. The van der Waals surface area contributed by atoms with Crippen molar-refractivity contribution in [2.24, 2.45) is 0 Å². The van der Waals surface area contributed by atoms with Crippen molar-refractivity contribution >= 4 is 28.1 Å². The summed E-state index contributed by atoms with van der Waals surface area (Å²) >= 11 is 1.03. The molecule has 0 atom stereocenters. The van der Waals surface area contributed by atoms with Gasteiger partial charge in [-0.2, -0.15) is 0 Å². The summed E-state index contributed by atoms with van der Waals surface area (Å²) in [5, 5.41) is 136. The van der Waals surface area contributed by atoms with Crippen molar-refractivity contribution in [1.29, 1.82) is 0 Å². The molecular formula is C21H24N4O14S. The molecule has 2 aromatic carbocycles. The van der Waals surface area contributed by atoms with E-state index in [0.29, 0.717) is 0 Å². The fraction of sp³-hybridized carbons (Fsp3) is 0.238. The number of nitrogens with zero attached hydrogens (tertiary/aromatic N) is 1. The molecule has 17 N–H and O–H groups in total. The molecule has 19 heteroatoms. The molecule has 218 valence electrons. The van der Waals surface area contributed by atoms with Crippen LogP contribution in [-0.2, 0) is 23.4 Å². The van der Waals surface area contributed by atoms with Crippen LogP contribution in [0.4, 0.5) is 10.8 Å². The number of aromatic nitrogens is 1. The zero-order valence-corrected chi connectivity index (χ0v) is 20.7. The largest absolute Gasteiger partial charge is 0.504 e. The van der Waals surface area contributed by atoms with Crippen LogP contribution in [0.25, 0.3) is 0 Å². The van der Waals surface area contributed by atoms with Gasteiger partial charge >= 0.3 is 0 Å². The number of nitrogens with two attached hydrogens (primary N) is 1. The highest BCUT2D eigenvalue weighted by molar-refractivity contribution is 7.13. The van der Waals surface area contributed by atoms with Gasteiger partial charge in [-0.15, -0.1) is 11.3 Å². The lowest BCUT2D eigenvalue weighted by atomic mass is 9.99. The Balaban J connectivity index is 1.84. The van der Waals surface area contributed by atoms with Crippen LogP contribution in [-0.4, -0.2) is 89.7 Å². The molecule has 40 heavy (non-hydrogen) atoms. The molecule has 0 unspecified atom stereocenters. The predicted molar refractivity (Wildman–Crippen MR) is 132 cm³/mol. The minimum Gasteiger partial charge on any atom is -0.504 e. The maximum Gasteiger partial charge on any atom is 0.230 e. The highest BCUT2D eigenvalue weighted by atomic mass is 32.1. The lowest BCUT2D eigenvalue weighted by Gasteiger charge is -2.30. The predicted octanol–water partition coefficient (Wildman–Crippen LogP) is -2.13. The smallest absolute Gasteiger partial charge is 0.230 e. The first kappa shape index (κ1) is 29.9. The molecule has 0 bridgehead atoms. The Hall–Kier alpha value is -4.66. The van der Waals surface area contributed by atoms with E-state index in [2.05, 4.69) is 4.98 Å². The van der Waals surface area contributed by atoms with Gasteiger partial charge in [0.25, 0.3) is 0 Å². The second-order valence-electron chi connectivity index (χ2n) is 8.43. The maximum absolute atomic E-state index is 12.3. The van der Waals surface area contributed by atoms with Crippen LogP contribution in [0.1, 0.15) is 16.8 Å². The van der Waals surface area contributed by atoms with Crippen LogP contribution in [0, 0.1) is 0 Å². The summed E-state index contributed by atoms with van der Waals surface area (Å²) in [5.74, 6) is -19.8. The minimum absolute atomic E-state index is 0.159. The highest BCUT2D eigenvalue weighted by Crippen LogP contribution is 2.53. The summed E-state index contributed by atoms with van der Waals surface area (Å²) < 4.78 is 0. The number of aromatic hydroxyl groups is 9. The number of phenolic OH excluding ortho intramolecular Hbond substituents is 9. The van der Waals surface area contributed by atoms with Crippen molar-refractivity contribution in [3.05, 3.63) is 22.2 Å². The van der Waals surface area contributed by atoms with Gasteiger partial charge in [0, 0.05) is 11.8 Å². The van der Waals surface area contributed by atoms with Gasteiger partial charge in [-0.05, 0) is 0 Å². The second-order valence-corrected chi connectivity index (χ2v) is 9.32. The molecule has 3 rings (SSSR count). The first-order valence-electron chi connectivity index (χ1n) is 10.7. The third-order valence-corrected chi connectivity index (χ3v) is 6.20. The number of amides is 1. The third kappa shape index (κ3) is 5.68. The molecule has 0 fully saturated rings. The second kappa shape index (κ2) is 10.5. The normalized spacial score (nSPS) is 12.0. The molecule has 0 aliphatic rings. The van der Waals surface area contributed by atoms with Gasteiger partial charge in [0.05, 0.1) is 24.2 Å². The van der Waals surface area contributed by atoms with Crippen molar-refractivity contribution in [3.63, 3.8) is 0 Å². The SMILES string of the molecule is Nc1nc(CC(=O)Nc2c(O)c(O)c(C(O)(O)CNC(O)(O)Cc3c(O)c(O)c(O)c(O)c3O)c(O)c2O)cs1. The lowest BCUT2D eigenvalue weighted by molar-refractivity contribution is -0.222. The number of thiazole rings is 1. The average Bonchev–Trinajstić information content (AvgIpc) is 3.28. The quantitative estimate of drug-likeness (QED) is 0.0720. The number of nitrogens with one attached hydrogen (secondary N) is 2. The van der Waals surface area contributed by atoms with E-state index < -0.39 is 106 Å². The van der Waals surface area contributed by atoms with E-state index in [1.807, 2.05) is 5.32 Å². The summed E-state index contributed by atoms with van der Waals surface area (Å²) in [6.07, 6.45) is -1.69. The fourth-order valence-electron chi connectivity index (χ4n) is 3.51. The molecule has 18 nitrogen and oxygen atoms in total. The Labute approximate surface area is 226 Å². The topological polar surface area (TPSA) is 343 Å². The molecule has 1 amide bonds. The number of carbonyl (C=O) groups excluding carboxylic acids is 1. The van der Waals surface area contributed by atoms with E-state index in [9.17, 15) is 71.2 Å². The van der Waals surface area contributed by atoms with E-state index in [0.717, 1.165) is 11.3 Å². The Bertz CT molecular complexity index is 1410. The highest BCUT2D eigenvalue weighted by Gasteiger charge is 2.40. The lowest BCUT2D eigenvalue weighted by Crippen LogP contribution is -2.52. The molecule has 3 aromatic rings. The van der Waals surface area contributed by atoms with Gasteiger partial charge < -0.3 is 77.4 Å². The van der Waals surface area contributed by atoms with Crippen LogP contribution in [0.3, 0.4) is 0 Å². The number of hydrogen-bond acceptors (Lipinski definition) is 18. The van der Waals surface area contributed by atoms with Gasteiger partial charge in [0.15, 0.2) is 39.6 Å². The summed E-state index contributed by atoms with van der Waals surface area (Å²) in [5.41, 5.74) is 2.48. The van der Waals surface area contributed by atoms with Gasteiger partial charge in [0.2, 0.25) is 34.9 Å². The summed E-state index contributed by atoms with van der Waals surface area (Å²) in [6.45, 7) is -1.42. The number of phenols is 9. The van der Waals surface area contributed by atoms with Crippen LogP contribution >= 0.6 is 11.3 Å². The molecule has 1 aromatic heterocycles.